The van der Waals surface area contributed by atoms with Crippen molar-refractivity contribution >= 4 is 6.09 Å². The molecule has 0 aliphatic carbocycles. The lowest BCUT2D eigenvalue weighted by atomic mass is 10.3. The lowest BCUT2D eigenvalue weighted by Crippen LogP contribution is -2.23. The molecule has 8 nitrogen and oxygen atoms in total. The van der Waals surface area contributed by atoms with Gasteiger partial charge in [-0.25, -0.2) is 4.79 Å². The Kier molecular flexibility index (Phi) is 5.58. The maximum Gasteiger partial charge on any atom is 0.407 e. The molecule has 0 bridgehead atoms. The highest BCUT2D eigenvalue weighted by molar-refractivity contribution is 5.66. The third-order valence-corrected chi connectivity index (χ3v) is 2.60. The molecule has 118 valence electrons. The van der Waals surface area contributed by atoms with Gasteiger partial charge in [-0.1, -0.05) is 5.16 Å². The zero-order chi connectivity index (χ0) is 15.8. The van der Waals surface area contributed by atoms with Gasteiger partial charge in [0.2, 0.25) is 11.7 Å². The number of carbonyl (C=O) groups is 1. The molecule has 1 aromatic heterocycles. The third-order valence-electron chi connectivity index (χ3n) is 2.60. The van der Waals surface area contributed by atoms with E-state index in [1.165, 1.54) is 0 Å². The van der Waals surface area contributed by atoms with Crippen LogP contribution in [0, 0.1) is 0 Å². The topological polar surface area (TPSA) is 95.7 Å². The Labute approximate surface area is 127 Å². The van der Waals surface area contributed by atoms with E-state index in [0.717, 1.165) is 5.75 Å². The van der Waals surface area contributed by atoms with Crippen LogP contribution in [0.1, 0.15) is 18.6 Å². The van der Waals surface area contributed by atoms with Gasteiger partial charge in [0.25, 0.3) is 0 Å². The molecule has 0 atom stereocenters. The van der Waals surface area contributed by atoms with Gasteiger partial charge in [0.05, 0.1) is 13.7 Å². The number of rotatable bonds is 7. The number of methoxy groups -OCH3 is 1. The first-order valence-corrected chi connectivity index (χ1v) is 6.70. The summed E-state index contributed by atoms with van der Waals surface area (Å²) in [4.78, 5) is 15.2. The van der Waals surface area contributed by atoms with Crippen molar-refractivity contribution in [1.82, 2.24) is 15.5 Å². The second kappa shape index (κ2) is 7.87. The second-order valence-corrected chi connectivity index (χ2v) is 4.14. The molecule has 1 heterocycles. The Morgan fingerprint density at radius 3 is 2.68 bits per heavy atom. The van der Waals surface area contributed by atoms with Crippen molar-refractivity contribution in [2.24, 2.45) is 0 Å². The van der Waals surface area contributed by atoms with Crippen LogP contribution in [-0.2, 0) is 17.9 Å². The fraction of sp³-hybridized carbons (Fsp3) is 0.357. The minimum absolute atomic E-state index is 0.106. The zero-order valence-electron chi connectivity index (χ0n) is 12.4. The number of hydrogen-bond donors (Lipinski definition) is 1. The minimum Gasteiger partial charge on any atom is -0.497 e. The van der Waals surface area contributed by atoms with Crippen LogP contribution in [0.15, 0.2) is 28.8 Å². The Balaban J connectivity index is 1.80. The van der Waals surface area contributed by atoms with Crippen LogP contribution in [-0.4, -0.2) is 30.0 Å². The van der Waals surface area contributed by atoms with E-state index in [-0.39, 0.29) is 19.0 Å². The first kappa shape index (κ1) is 15.6. The molecule has 2 rings (SSSR count). The summed E-state index contributed by atoms with van der Waals surface area (Å²) >= 11 is 0. The average Bonchev–Trinajstić information content (AvgIpc) is 3.00. The van der Waals surface area contributed by atoms with Crippen LogP contribution in [0.4, 0.5) is 4.79 Å². The molecular weight excluding hydrogens is 290 g/mol. The zero-order valence-corrected chi connectivity index (χ0v) is 12.4. The summed E-state index contributed by atoms with van der Waals surface area (Å²) in [7, 11) is 1.60. The van der Waals surface area contributed by atoms with Gasteiger partial charge in [-0.15, -0.1) is 0 Å². The van der Waals surface area contributed by atoms with E-state index < -0.39 is 6.09 Å². The molecule has 0 unspecified atom stereocenters. The Morgan fingerprint density at radius 2 is 2.00 bits per heavy atom. The van der Waals surface area contributed by atoms with Crippen molar-refractivity contribution in [2.45, 2.75) is 20.1 Å². The Morgan fingerprint density at radius 1 is 1.27 bits per heavy atom. The lowest BCUT2D eigenvalue weighted by Gasteiger charge is -2.04. The summed E-state index contributed by atoms with van der Waals surface area (Å²) in [5.74, 6) is 2.08. The molecule has 0 aliphatic rings. The van der Waals surface area contributed by atoms with Crippen molar-refractivity contribution in [3.63, 3.8) is 0 Å². The van der Waals surface area contributed by atoms with E-state index >= 15 is 0 Å². The molecule has 0 aliphatic heterocycles. The molecule has 0 spiro atoms. The molecule has 0 saturated heterocycles. The summed E-state index contributed by atoms with van der Waals surface area (Å²) in [6.45, 7) is 2.29. The number of ether oxygens (including phenoxy) is 3. The standard InChI is InChI=1S/C14H17N3O5/c1-3-20-14(18)15-8-13-16-12(17-22-13)9-21-11-6-4-10(19-2)5-7-11/h4-7H,3,8-9H2,1-2H3,(H,15,18). The Bertz CT molecular complexity index is 597. The van der Waals surface area contributed by atoms with E-state index in [4.69, 9.17) is 18.7 Å². The van der Waals surface area contributed by atoms with Gasteiger partial charge in [-0.2, -0.15) is 4.98 Å². The summed E-state index contributed by atoms with van der Waals surface area (Å²) in [6, 6.07) is 7.14. The fourth-order valence-electron chi connectivity index (χ4n) is 1.57. The number of benzene rings is 1. The molecule has 0 fully saturated rings. The monoisotopic (exact) mass is 307 g/mol. The molecule has 0 saturated carbocycles. The summed E-state index contributed by atoms with van der Waals surface area (Å²) in [5, 5.41) is 6.25. The normalized spacial score (nSPS) is 10.1. The average molecular weight is 307 g/mol. The number of amides is 1. The van der Waals surface area contributed by atoms with Gasteiger partial charge in [0.1, 0.15) is 18.0 Å². The Hall–Kier alpha value is -2.77. The van der Waals surface area contributed by atoms with Crippen molar-refractivity contribution in [1.29, 1.82) is 0 Å². The number of nitrogens with zero attached hydrogens (tertiary/aromatic N) is 2. The first-order valence-electron chi connectivity index (χ1n) is 6.70. The van der Waals surface area contributed by atoms with E-state index in [0.29, 0.717) is 18.2 Å². The minimum atomic E-state index is -0.531. The van der Waals surface area contributed by atoms with Crippen LogP contribution in [0.5, 0.6) is 11.5 Å². The van der Waals surface area contributed by atoms with Crippen LogP contribution in [0.2, 0.25) is 0 Å². The quantitative estimate of drug-likeness (QED) is 0.834. The molecule has 1 amide bonds. The number of hydrogen-bond acceptors (Lipinski definition) is 7. The molecular formula is C14H17N3O5. The van der Waals surface area contributed by atoms with Gasteiger partial charge >= 0.3 is 6.09 Å². The molecule has 1 N–H and O–H groups in total. The van der Waals surface area contributed by atoms with Crippen LogP contribution >= 0.6 is 0 Å². The van der Waals surface area contributed by atoms with Crippen molar-refractivity contribution in [3.8, 4) is 11.5 Å². The smallest absolute Gasteiger partial charge is 0.407 e. The highest BCUT2D eigenvalue weighted by Crippen LogP contribution is 2.17. The highest BCUT2D eigenvalue weighted by atomic mass is 16.5. The summed E-state index contributed by atoms with van der Waals surface area (Å²) < 4.78 is 20.3. The van der Waals surface area contributed by atoms with E-state index in [2.05, 4.69) is 15.5 Å². The predicted molar refractivity (Wildman–Crippen MR) is 75.5 cm³/mol. The van der Waals surface area contributed by atoms with Gasteiger partial charge in [0.15, 0.2) is 6.61 Å². The maximum absolute atomic E-state index is 11.1. The second-order valence-electron chi connectivity index (χ2n) is 4.14. The van der Waals surface area contributed by atoms with Crippen molar-refractivity contribution in [2.75, 3.05) is 13.7 Å². The van der Waals surface area contributed by atoms with Crippen molar-refractivity contribution in [3.05, 3.63) is 36.0 Å². The molecule has 22 heavy (non-hydrogen) atoms. The molecule has 0 radical (unpaired) electrons. The predicted octanol–water partition coefficient (Wildman–Crippen LogP) is 1.90. The number of nitrogens with one attached hydrogen (secondary N) is 1. The van der Waals surface area contributed by atoms with E-state index in [9.17, 15) is 4.79 Å². The summed E-state index contributed by atoms with van der Waals surface area (Å²) in [5.41, 5.74) is 0. The lowest BCUT2D eigenvalue weighted by molar-refractivity contribution is 0.150. The third kappa shape index (κ3) is 4.65. The first-order chi connectivity index (χ1) is 10.7. The van der Waals surface area contributed by atoms with Gasteiger partial charge in [-0.3, -0.25) is 0 Å². The van der Waals surface area contributed by atoms with E-state index in [1.54, 1.807) is 38.3 Å². The largest absolute Gasteiger partial charge is 0.497 e. The number of carbonyl (C=O) groups excluding carboxylic acids is 1. The fourth-order valence-corrected chi connectivity index (χ4v) is 1.57. The van der Waals surface area contributed by atoms with Gasteiger partial charge in [0, 0.05) is 0 Å². The summed E-state index contributed by atoms with van der Waals surface area (Å²) in [6.07, 6.45) is -0.531. The van der Waals surface area contributed by atoms with Gasteiger partial charge in [-0.05, 0) is 31.2 Å². The number of aromatic nitrogens is 2. The van der Waals surface area contributed by atoms with E-state index in [1.807, 2.05) is 0 Å². The SMILES string of the molecule is CCOC(=O)NCc1nc(COc2ccc(OC)cc2)no1. The van der Waals surface area contributed by atoms with Crippen LogP contribution < -0.4 is 14.8 Å². The molecule has 1 aromatic carbocycles. The van der Waals surface area contributed by atoms with Crippen molar-refractivity contribution < 1.29 is 23.5 Å². The highest BCUT2D eigenvalue weighted by Gasteiger charge is 2.09. The van der Waals surface area contributed by atoms with Gasteiger partial charge < -0.3 is 24.1 Å². The number of alkyl carbamates (subject to hydrolysis) is 1. The van der Waals surface area contributed by atoms with Crippen LogP contribution in [0.25, 0.3) is 0 Å². The van der Waals surface area contributed by atoms with Crippen LogP contribution in [0.3, 0.4) is 0 Å². The maximum atomic E-state index is 11.1. The molecule has 8 heteroatoms. The molecule has 2 aromatic rings.